The minimum absolute atomic E-state index is 0.145. The highest BCUT2D eigenvalue weighted by Gasteiger charge is 2.17. The highest BCUT2D eigenvalue weighted by molar-refractivity contribution is 7.09. The second kappa shape index (κ2) is 7.01. The highest BCUT2D eigenvalue weighted by atomic mass is 32.1. The van der Waals surface area contributed by atoms with Crippen LogP contribution in [0.2, 0.25) is 0 Å². The number of hydrogen-bond donors (Lipinski definition) is 1. The van der Waals surface area contributed by atoms with Gasteiger partial charge < -0.3 is 5.32 Å². The normalized spacial score (nSPS) is 12.7. The molecule has 0 atom stereocenters. The lowest BCUT2D eigenvalue weighted by molar-refractivity contribution is 0.580. The molecule has 1 N–H and O–H groups in total. The number of rotatable bonds is 5. The Morgan fingerprint density at radius 3 is 2.57 bits per heavy atom. The summed E-state index contributed by atoms with van der Waals surface area (Å²) >= 11 is 1.75. The Hall–Kier alpha value is -1.45. The van der Waals surface area contributed by atoms with E-state index < -0.39 is 0 Å². The van der Waals surface area contributed by atoms with Crippen molar-refractivity contribution in [3.8, 4) is 0 Å². The molecule has 1 aromatic carbocycles. The number of hydrogen-bond acceptors (Lipinski definition) is 3. The number of aromatic nitrogens is 1. The minimum Gasteiger partial charge on any atom is -0.307 e. The molecule has 112 valence electrons. The fourth-order valence-corrected chi connectivity index (χ4v) is 2.91. The number of nitrogens with one attached hydrogen (secondary N) is 1. The van der Waals surface area contributed by atoms with Gasteiger partial charge in [-0.15, -0.1) is 11.3 Å². The van der Waals surface area contributed by atoms with Gasteiger partial charge in [0.15, 0.2) is 0 Å². The number of benzene rings is 1. The largest absolute Gasteiger partial charge is 0.307 e. The molecule has 0 spiro atoms. The fourth-order valence-electron chi connectivity index (χ4n) is 2.01. The summed E-state index contributed by atoms with van der Waals surface area (Å²) in [7, 11) is 0. The summed E-state index contributed by atoms with van der Waals surface area (Å²) in [6, 6.07) is 10.4. The SMILES string of the molecule is C/C(=C/c1ccccc1)CNCc1csc(C(C)(C)C)n1. The molecule has 2 nitrogen and oxygen atoms in total. The average Bonchev–Trinajstić information content (AvgIpc) is 2.88. The van der Waals surface area contributed by atoms with E-state index >= 15 is 0 Å². The standard InChI is InChI=1S/C18H24N2S/c1-14(10-15-8-6-5-7-9-15)11-19-12-16-13-21-17(20-16)18(2,3)4/h5-10,13,19H,11-12H2,1-4H3/b14-10-. The molecule has 0 amide bonds. The van der Waals surface area contributed by atoms with Gasteiger partial charge >= 0.3 is 0 Å². The van der Waals surface area contributed by atoms with Crippen LogP contribution in [0.1, 0.15) is 44.0 Å². The zero-order valence-corrected chi connectivity index (χ0v) is 14.1. The van der Waals surface area contributed by atoms with Crippen LogP contribution in [-0.2, 0) is 12.0 Å². The first-order valence-corrected chi connectivity index (χ1v) is 8.21. The van der Waals surface area contributed by atoms with Gasteiger partial charge in [0, 0.05) is 23.9 Å². The summed E-state index contributed by atoms with van der Waals surface area (Å²) in [6.07, 6.45) is 2.22. The van der Waals surface area contributed by atoms with Gasteiger partial charge in [0.2, 0.25) is 0 Å². The smallest absolute Gasteiger partial charge is 0.0982 e. The first-order valence-electron chi connectivity index (χ1n) is 7.33. The minimum atomic E-state index is 0.145. The van der Waals surface area contributed by atoms with E-state index in [4.69, 9.17) is 4.98 Å². The van der Waals surface area contributed by atoms with Crippen LogP contribution in [0.25, 0.3) is 6.08 Å². The molecular weight excluding hydrogens is 276 g/mol. The van der Waals surface area contributed by atoms with Gasteiger partial charge in [-0.2, -0.15) is 0 Å². The van der Waals surface area contributed by atoms with Crippen molar-refractivity contribution < 1.29 is 0 Å². The quantitative estimate of drug-likeness (QED) is 0.870. The van der Waals surface area contributed by atoms with Crippen molar-refractivity contribution in [1.29, 1.82) is 0 Å². The van der Waals surface area contributed by atoms with Crippen molar-refractivity contribution in [3.05, 3.63) is 57.6 Å². The topological polar surface area (TPSA) is 24.9 Å². The predicted octanol–water partition coefficient (Wildman–Crippen LogP) is 4.63. The van der Waals surface area contributed by atoms with Gasteiger partial charge in [0.05, 0.1) is 10.7 Å². The maximum Gasteiger partial charge on any atom is 0.0982 e. The van der Waals surface area contributed by atoms with Crippen molar-refractivity contribution in [2.75, 3.05) is 6.54 Å². The predicted molar refractivity (Wildman–Crippen MR) is 92.6 cm³/mol. The van der Waals surface area contributed by atoms with Gasteiger partial charge in [-0.1, -0.05) is 62.8 Å². The molecule has 0 fully saturated rings. The van der Waals surface area contributed by atoms with Gasteiger partial charge in [0.1, 0.15) is 0 Å². The summed E-state index contributed by atoms with van der Waals surface area (Å²) in [6.45, 7) is 10.5. The van der Waals surface area contributed by atoms with E-state index in [1.807, 2.05) is 6.07 Å². The van der Waals surface area contributed by atoms with E-state index in [0.717, 1.165) is 18.8 Å². The molecule has 0 saturated heterocycles. The molecule has 1 heterocycles. The second-order valence-corrected chi connectivity index (χ2v) is 7.26. The molecule has 0 radical (unpaired) electrons. The number of thiazole rings is 1. The van der Waals surface area contributed by atoms with Crippen LogP contribution in [0.3, 0.4) is 0 Å². The van der Waals surface area contributed by atoms with Crippen molar-refractivity contribution in [1.82, 2.24) is 10.3 Å². The maximum atomic E-state index is 4.70. The van der Waals surface area contributed by atoms with Crippen molar-refractivity contribution in [2.24, 2.45) is 0 Å². The van der Waals surface area contributed by atoms with Crippen LogP contribution in [0.5, 0.6) is 0 Å². The molecule has 0 bridgehead atoms. The van der Waals surface area contributed by atoms with Crippen LogP contribution in [-0.4, -0.2) is 11.5 Å². The molecule has 2 aromatic rings. The average molecular weight is 300 g/mol. The van der Waals surface area contributed by atoms with E-state index in [0.29, 0.717) is 0 Å². The van der Waals surface area contributed by atoms with Crippen molar-refractivity contribution in [3.63, 3.8) is 0 Å². The Kier molecular flexibility index (Phi) is 5.32. The zero-order valence-electron chi connectivity index (χ0n) is 13.3. The summed E-state index contributed by atoms with van der Waals surface area (Å²) in [5, 5.41) is 6.82. The van der Waals surface area contributed by atoms with Gasteiger partial charge in [0.25, 0.3) is 0 Å². The number of nitrogens with zero attached hydrogens (tertiary/aromatic N) is 1. The third kappa shape index (κ3) is 5.10. The van der Waals surface area contributed by atoms with E-state index in [-0.39, 0.29) is 5.41 Å². The third-order valence-electron chi connectivity index (χ3n) is 3.12. The molecule has 1 aromatic heterocycles. The lowest BCUT2D eigenvalue weighted by Crippen LogP contribution is -2.16. The van der Waals surface area contributed by atoms with Crippen LogP contribution in [0.4, 0.5) is 0 Å². The van der Waals surface area contributed by atoms with Crippen LogP contribution >= 0.6 is 11.3 Å². The molecule has 0 unspecified atom stereocenters. The zero-order chi connectivity index (χ0) is 15.3. The Bertz CT molecular complexity index is 591. The first-order chi connectivity index (χ1) is 9.95. The molecule has 0 aliphatic rings. The molecule has 2 rings (SSSR count). The molecule has 0 saturated carbocycles. The Labute approximate surface area is 131 Å². The summed E-state index contributed by atoms with van der Waals surface area (Å²) in [5.74, 6) is 0. The van der Waals surface area contributed by atoms with E-state index in [1.54, 1.807) is 11.3 Å². The molecule has 0 aliphatic heterocycles. The fraction of sp³-hybridized carbons (Fsp3) is 0.389. The second-order valence-electron chi connectivity index (χ2n) is 6.40. The van der Waals surface area contributed by atoms with E-state index in [9.17, 15) is 0 Å². The molecule has 21 heavy (non-hydrogen) atoms. The van der Waals surface area contributed by atoms with Gasteiger partial charge in [-0.3, -0.25) is 0 Å². The summed E-state index contributed by atoms with van der Waals surface area (Å²) < 4.78 is 0. The molecular formula is C18H24N2S. The van der Waals surface area contributed by atoms with E-state index in [2.05, 4.69) is 68.7 Å². The first kappa shape index (κ1) is 15.9. The Morgan fingerprint density at radius 2 is 1.95 bits per heavy atom. The summed E-state index contributed by atoms with van der Waals surface area (Å²) in [4.78, 5) is 4.70. The van der Waals surface area contributed by atoms with Crippen molar-refractivity contribution >= 4 is 17.4 Å². The Morgan fingerprint density at radius 1 is 1.24 bits per heavy atom. The lowest BCUT2D eigenvalue weighted by atomic mass is 9.98. The maximum absolute atomic E-state index is 4.70. The van der Waals surface area contributed by atoms with Crippen molar-refractivity contribution in [2.45, 2.75) is 39.7 Å². The summed E-state index contributed by atoms with van der Waals surface area (Å²) in [5.41, 5.74) is 3.86. The van der Waals surface area contributed by atoms with Crippen LogP contribution in [0.15, 0.2) is 41.3 Å². The monoisotopic (exact) mass is 300 g/mol. The highest BCUT2D eigenvalue weighted by Crippen LogP contribution is 2.25. The molecule has 0 aliphatic carbocycles. The van der Waals surface area contributed by atoms with Crippen LogP contribution in [0, 0.1) is 0 Å². The molecule has 3 heteroatoms. The van der Waals surface area contributed by atoms with Crippen LogP contribution < -0.4 is 5.32 Å². The lowest BCUT2D eigenvalue weighted by Gasteiger charge is -2.13. The van der Waals surface area contributed by atoms with Gasteiger partial charge in [-0.05, 0) is 12.5 Å². The third-order valence-corrected chi connectivity index (χ3v) is 4.43. The van der Waals surface area contributed by atoms with Gasteiger partial charge in [-0.25, -0.2) is 4.98 Å². The van der Waals surface area contributed by atoms with E-state index in [1.165, 1.54) is 16.1 Å². The Balaban J connectivity index is 1.84.